The minimum Gasteiger partial charge on any atom is -0.366 e. The van der Waals surface area contributed by atoms with E-state index in [0.29, 0.717) is 16.0 Å². The van der Waals surface area contributed by atoms with E-state index in [1.54, 1.807) is 0 Å². The van der Waals surface area contributed by atoms with Crippen LogP contribution < -0.4 is 10.2 Å². The number of carbonyl (C=O) groups is 1. The summed E-state index contributed by atoms with van der Waals surface area (Å²) in [7, 11) is 0. The Balaban J connectivity index is 1.68. The number of aliphatic imine (C=N–C) groups is 1. The Bertz CT molecular complexity index is 1100. The zero-order valence-corrected chi connectivity index (χ0v) is 20.1. The summed E-state index contributed by atoms with van der Waals surface area (Å²) in [6.45, 7) is 14.3. The molecule has 1 unspecified atom stereocenters. The van der Waals surface area contributed by atoms with Gasteiger partial charge in [-0.1, -0.05) is 25.1 Å². The van der Waals surface area contributed by atoms with Crippen LogP contribution in [0.1, 0.15) is 62.3 Å². The zero-order chi connectivity index (χ0) is 22.3. The highest BCUT2D eigenvalue weighted by Gasteiger charge is 2.36. The summed E-state index contributed by atoms with van der Waals surface area (Å²) in [5, 5.41) is 3.55. The van der Waals surface area contributed by atoms with E-state index in [9.17, 15) is 4.79 Å². The largest absolute Gasteiger partial charge is 0.366 e. The Labute approximate surface area is 189 Å². The van der Waals surface area contributed by atoms with Crippen molar-refractivity contribution in [1.82, 2.24) is 5.32 Å². The number of thioether (sulfide) groups is 1. The van der Waals surface area contributed by atoms with Gasteiger partial charge in [-0.3, -0.25) is 4.79 Å². The first-order valence-corrected chi connectivity index (χ1v) is 11.8. The quantitative estimate of drug-likeness (QED) is 0.577. The topological polar surface area (TPSA) is 44.7 Å². The number of aryl methyl sites for hydroxylation is 2. The van der Waals surface area contributed by atoms with Gasteiger partial charge in [-0.05, 0) is 105 Å². The van der Waals surface area contributed by atoms with Gasteiger partial charge in [-0.15, -0.1) is 0 Å². The SMILES string of the molecule is CCN1c2cc(C)c(/C=C3/SC(=Nc4ccccc4C)NC3=O)cc2C(C)CC1(C)C. The molecule has 2 aliphatic rings. The number of nitrogens with one attached hydrogen (secondary N) is 1. The van der Waals surface area contributed by atoms with Crippen LogP contribution in [0.4, 0.5) is 11.4 Å². The van der Waals surface area contributed by atoms with Gasteiger partial charge < -0.3 is 10.2 Å². The summed E-state index contributed by atoms with van der Waals surface area (Å²) in [4.78, 5) is 20.5. The van der Waals surface area contributed by atoms with Crippen molar-refractivity contribution in [2.75, 3.05) is 11.4 Å². The van der Waals surface area contributed by atoms with Gasteiger partial charge in [0.2, 0.25) is 0 Å². The van der Waals surface area contributed by atoms with Gasteiger partial charge in [-0.25, -0.2) is 4.99 Å². The number of hydrogen-bond donors (Lipinski definition) is 1. The lowest BCUT2D eigenvalue weighted by Gasteiger charge is -2.47. The lowest BCUT2D eigenvalue weighted by atomic mass is 9.79. The van der Waals surface area contributed by atoms with Crippen LogP contribution in [0.2, 0.25) is 0 Å². The molecule has 2 aliphatic heterocycles. The first kappa shape index (κ1) is 21.7. The molecule has 1 fully saturated rings. The highest BCUT2D eigenvalue weighted by atomic mass is 32.2. The first-order valence-electron chi connectivity index (χ1n) is 11.0. The summed E-state index contributed by atoms with van der Waals surface area (Å²) >= 11 is 1.41. The van der Waals surface area contributed by atoms with E-state index in [2.05, 4.69) is 62.0 Å². The number of anilines is 1. The van der Waals surface area contributed by atoms with E-state index in [1.165, 1.54) is 28.6 Å². The predicted molar refractivity (Wildman–Crippen MR) is 133 cm³/mol. The van der Waals surface area contributed by atoms with Crippen LogP contribution in [-0.4, -0.2) is 23.2 Å². The lowest BCUT2D eigenvalue weighted by Crippen LogP contribution is -2.48. The van der Waals surface area contributed by atoms with Crippen molar-refractivity contribution in [2.24, 2.45) is 4.99 Å². The van der Waals surface area contributed by atoms with Crippen LogP contribution in [-0.2, 0) is 4.79 Å². The van der Waals surface area contributed by atoms with Crippen molar-refractivity contribution in [3.8, 4) is 0 Å². The summed E-state index contributed by atoms with van der Waals surface area (Å²) in [5.41, 5.74) is 7.11. The number of hydrogen-bond acceptors (Lipinski definition) is 4. The Morgan fingerprint density at radius 3 is 2.68 bits per heavy atom. The summed E-state index contributed by atoms with van der Waals surface area (Å²) < 4.78 is 0. The van der Waals surface area contributed by atoms with E-state index < -0.39 is 0 Å². The Morgan fingerprint density at radius 1 is 1.23 bits per heavy atom. The number of rotatable bonds is 3. The second-order valence-electron chi connectivity index (χ2n) is 9.20. The molecule has 1 saturated heterocycles. The molecule has 1 N–H and O–H groups in total. The van der Waals surface area contributed by atoms with Crippen molar-refractivity contribution in [3.05, 3.63) is 63.6 Å². The number of carbonyl (C=O) groups excluding carboxylic acids is 1. The fraction of sp³-hybridized carbons (Fsp3) is 0.385. The third kappa shape index (κ3) is 4.16. The second kappa shape index (κ2) is 8.19. The van der Waals surface area contributed by atoms with Crippen molar-refractivity contribution >= 4 is 40.3 Å². The smallest absolute Gasteiger partial charge is 0.264 e. The number of amidine groups is 1. The number of benzene rings is 2. The van der Waals surface area contributed by atoms with E-state index in [1.807, 2.05) is 37.3 Å². The van der Waals surface area contributed by atoms with Crippen molar-refractivity contribution in [2.45, 2.75) is 59.4 Å². The van der Waals surface area contributed by atoms with Crippen LogP contribution in [0.5, 0.6) is 0 Å². The highest BCUT2D eigenvalue weighted by Crippen LogP contribution is 2.44. The molecule has 2 aromatic rings. The fourth-order valence-electron chi connectivity index (χ4n) is 4.82. The lowest BCUT2D eigenvalue weighted by molar-refractivity contribution is -0.115. The molecule has 0 bridgehead atoms. The van der Waals surface area contributed by atoms with Gasteiger partial charge in [0.05, 0.1) is 10.6 Å². The Morgan fingerprint density at radius 2 is 1.97 bits per heavy atom. The maximum absolute atomic E-state index is 12.6. The van der Waals surface area contributed by atoms with Crippen LogP contribution >= 0.6 is 11.8 Å². The molecular formula is C26H31N3OS. The van der Waals surface area contributed by atoms with E-state index >= 15 is 0 Å². The molecule has 1 amide bonds. The Kier molecular flexibility index (Phi) is 5.73. The summed E-state index contributed by atoms with van der Waals surface area (Å²) in [6, 6.07) is 12.5. The average molecular weight is 434 g/mol. The number of amides is 1. The normalized spacial score (nSPS) is 22.7. The van der Waals surface area contributed by atoms with E-state index in [0.717, 1.165) is 29.8 Å². The third-order valence-electron chi connectivity index (χ3n) is 6.36. The molecule has 5 heteroatoms. The molecule has 0 aliphatic carbocycles. The molecule has 2 aromatic carbocycles. The third-order valence-corrected chi connectivity index (χ3v) is 7.27. The molecule has 2 heterocycles. The first-order chi connectivity index (χ1) is 14.7. The average Bonchev–Trinajstić information content (AvgIpc) is 3.03. The van der Waals surface area contributed by atoms with Gasteiger partial charge in [-0.2, -0.15) is 0 Å². The second-order valence-corrected chi connectivity index (χ2v) is 10.2. The molecule has 0 radical (unpaired) electrons. The summed E-state index contributed by atoms with van der Waals surface area (Å²) in [5.74, 6) is 0.396. The van der Waals surface area contributed by atoms with Crippen molar-refractivity contribution in [3.63, 3.8) is 0 Å². The monoisotopic (exact) mass is 433 g/mol. The maximum atomic E-state index is 12.6. The van der Waals surface area contributed by atoms with Crippen LogP contribution in [0, 0.1) is 13.8 Å². The van der Waals surface area contributed by atoms with E-state index in [4.69, 9.17) is 0 Å². The standard InChI is InChI=1S/C26H31N3OS/c1-7-29-22-12-17(3)19(13-20(22)18(4)15-26(29,5)6)14-23-24(30)28-25(31-23)27-21-11-9-8-10-16(21)2/h8-14,18H,7,15H2,1-6H3,(H,27,28,30)/b23-14+. The fourth-order valence-corrected chi connectivity index (χ4v) is 5.65. The van der Waals surface area contributed by atoms with Gasteiger partial charge >= 0.3 is 0 Å². The molecule has 162 valence electrons. The number of fused-ring (bicyclic) bond motifs is 1. The molecule has 31 heavy (non-hydrogen) atoms. The van der Waals surface area contributed by atoms with Crippen LogP contribution in [0.15, 0.2) is 46.3 Å². The van der Waals surface area contributed by atoms with Gasteiger partial charge in [0, 0.05) is 17.8 Å². The minimum atomic E-state index is -0.0844. The molecule has 4 nitrogen and oxygen atoms in total. The van der Waals surface area contributed by atoms with Gasteiger partial charge in [0.15, 0.2) is 5.17 Å². The molecule has 0 aromatic heterocycles. The van der Waals surface area contributed by atoms with Gasteiger partial charge in [0.1, 0.15) is 0 Å². The summed E-state index contributed by atoms with van der Waals surface area (Å²) in [6.07, 6.45) is 3.13. The van der Waals surface area contributed by atoms with Crippen LogP contribution in [0.3, 0.4) is 0 Å². The molecule has 0 saturated carbocycles. The van der Waals surface area contributed by atoms with Crippen LogP contribution in [0.25, 0.3) is 6.08 Å². The van der Waals surface area contributed by atoms with Gasteiger partial charge in [0.25, 0.3) is 5.91 Å². The Hall–Kier alpha value is -2.53. The highest BCUT2D eigenvalue weighted by molar-refractivity contribution is 8.18. The van der Waals surface area contributed by atoms with E-state index in [-0.39, 0.29) is 11.4 Å². The molecule has 1 atom stereocenters. The number of nitrogens with zero attached hydrogens (tertiary/aromatic N) is 2. The molecular weight excluding hydrogens is 402 g/mol. The maximum Gasteiger partial charge on any atom is 0.264 e. The van der Waals surface area contributed by atoms with Crippen molar-refractivity contribution < 1.29 is 4.79 Å². The molecule has 4 rings (SSSR count). The predicted octanol–water partition coefficient (Wildman–Crippen LogP) is 6.31. The molecule has 0 spiro atoms. The minimum absolute atomic E-state index is 0.0844. The number of para-hydroxylation sites is 1. The van der Waals surface area contributed by atoms with Crippen molar-refractivity contribution in [1.29, 1.82) is 0 Å². The zero-order valence-electron chi connectivity index (χ0n) is 19.2.